The molecule has 0 aliphatic carbocycles. The molecule has 0 amide bonds. The number of nitrogens with zero attached hydrogens (tertiary/aromatic N) is 2. The van der Waals surface area contributed by atoms with E-state index in [-0.39, 0.29) is 24.0 Å². The molecule has 5 heteroatoms. The summed E-state index contributed by atoms with van der Waals surface area (Å²) < 4.78 is 0. The number of nitrogens with one attached hydrogen (secondary N) is 2. The molecule has 0 aromatic carbocycles. The van der Waals surface area contributed by atoms with Crippen molar-refractivity contribution in [1.29, 1.82) is 0 Å². The zero-order valence-corrected chi connectivity index (χ0v) is 16.3. The number of pyridine rings is 1. The third kappa shape index (κ3) is 10.8. The fraction of sp³-hybridized carbons (Fsp3) is 0.647. The van der Waals surface area contributed by atoms with Gasteiger partial charge in [-0.05, 0) is 18.6 Å². The lowest BCUT2D eigenvalue weighted by Gasteiger charge is -2.11. The van der Waals surface area contributed by atoms with E-state index in [0.717, 1.165) is 18.2 Å². The van der Waals surface area contributed by atoms with Crippen molar-refractivity contribution in [2.24, 2.45) is 4.99 Å². The average molecular weight is 418 g/mol. The molecule has 1 aromatic rings. The molecule has 22 heavy (non-hydrogen) atoms. The third-order valence-electron chi connectivity index (χ3n) is 3.46. The quantitative estimate of drug-likeness (QED) is 0.260. The first-order valence-electron chi connectivity index (χ1n) is 8.21. The summed E-state index contributed by atoms with van der Waals surface area (Å²) in [5.74, 6) is 0.853. The van der Waals surface area contributed by atoms with Crippen LogP contribution in [0.2, 0.25) is 0 Å². The topological polar surface area (TPSA) is 49.3 Å². The van der Waals surface area contributed by atoms with Gasteiger partial charge in [0.15, 0.2) is 5.96 Å². The highest BCUT2D eigenvalue weighted by atomic mass is 127. The predicted molar refractivity (Wildman–Crippen MR) is 106 cm³/mol. The Labute approximate surface area is 152 Å². The summed E-state index contributed by atoms with van der Waals surface area (Å²) in [6, 6.07) is 5.94. The molecule has 0 unspecified atom stereocenters. The molecule has 0 radical (unpaired) electrons. The molecule has 0 aliphatic heterocycles. The van der Waals surface area contributed by atoms with E-state index >= 15 is 0 Å². The van der Waals surface area contributed by atoms with E-state index in [0.29, 0.717) is 6.54 Å². The summed E-state index contributed by atoms with van der Waals surface area (Å²) in [4.78, 5) is 8.51. The summed E-state index contributed by atoms with van der Waals surface area (Å²) in [5, 5.41) is 6.63. The maximum Gasteiger partial charge on any atom is 0.191 e. The van der Waals surface area contributed by atoms with Gasteiger partial charge in [0.2, 0.25) is 0 Å². The first kappa shape index (κ1) is 21.1. The molecule has 4 nitrogen and oxygen atoms in total. The normalized spacial score (nSPS) is 10.9. The Morgan fingerprint density at radius 3 is 2.41 bits per heavy atom. The number of rotatable bonds is 10. The lowest BCUT2D eigenvalue weighted by Crippen LogP contribution is -2.37. The van der Waals surface area contributed by atoms with E-state index in [2.05, 4.69) is 27.5 Å². The van der Waals surface area contributed by atoms with Crippen LogP contribution in [0, 0.1) is 0 Å². The molecule has 1 rings (SSSR count). The minimum Gasteiger partial charge on any atom is -0.356 e. The van der Waals surface area contributed by atoms with Crippen LogP contribution in [0.4, 0.5) is 0 Å². The van der Waals surface area contributed by atoms with Crippen LogP contribution in [-0.2, 0) is 6.54 Å². The molecular formula is C17H31IN4. The average Bonchev–Trinajstić information content (AvgIpc) is 2.54. The van der Waals surface area contributed by atoms with Crippen LogP contribution in [-0.4, -0.2) is 24.5 Å². The van der Waals surface area contributed by atoms with E-state index in [1.54, 1.807) is 7.05 Å². The summed E-state index contributed by atoms with van der Waals surface area (Å²) in [5.41, 5.74) is 1.02. The van der Waals surface area contributed by atoms with Crippen LogP contribution in [0.1, 0.15) is 57.6 Å². The van der Waals surface area contributed by atoms with Gasteiger partial charge in [0, 0.05) is 19.8 Å². The summed E-state index contributed by atoms with van der Waals surface area (Å²) in [7, 11) is 1.80. The number of hydrogen-bond acceptors (Lipinski definition) is 2. The molecule has 0 saturated heterocycles. The van der Waals surface area contributed by atoms with E-state index in [4.69, 9.17) is 0 Å². The van der Waals surface area contributed by atoms with Gasteiger partial charge in [-0.1, -0.05) is 51.5 Å². The Hall–Kier alpha value is -0.850. The first-order chi connectivity index (χ1) is 10.4. The Kier molecular flexibility index (Phi) is 14.5. The molecule has 0 fully saturated rings. The fourth-order valence-electron chi connectivity index (χ4n) is 2.19. The number of unbranched alkanes of at least 4 members (excludes halogenated alkanes) is 6. The van der Waals surface area contributed by atoms with Gasteiger partial charge in [-0.15, -0.1) is 24.0 Å². The molecular weight excluding hydrogens is 387 g/mol. The van der Waals surface area contributed by atoms with Crippen LogP contribution in [0.25, 0.3) is 0 Å². The monoisotopic (exact) mass is 418 g/mol. The van der Waals surface area contributed by atoms with Crippen LogP contribution >= 0.6 is 24.0 Å². The Morgan fingerprint density at radius 2 is 1.77 bits per heavy atom. The van der Waals surface area contributed by atoms with Crippen LogP contribution in [0.3, 0.4) is 0 Å². The highest BCUT2D eigenvalue weighted by molar-refractivity contribution is 14.0. The maximum absolute atomic E-state index is 4.28. The van der Waals surface area contributed by atoms with Gasteiger partial charge in [0.05, 0.1) is 12.2 Å². The Balaban J connectivity index is 0.00000441. The van der Waals surface area contributed by atoms with Gasteiger partial charge < -0.3 is 10.6 Å². The number of guanidine groups is 1. The first-order valence-corrected chi connectivity index (χ1v) is 8.21. The van der Waals surface area contributed by atoms with Crippen molar-refractivity contribution in [3.63, 3.8) is 0 Å². The Bertz CT molecular complexity index is 382. The lowest BCUT2D eigenvalue weighted by molar-refractivity contribution is 0.583. The van der Waals surface area contributed by atoms with Crippen molar-refractivity contribution in [3.8, 4) is 0 Å². The highest BCUT2D eigenvalue weighted by Gasteiger charge is 1.98. The van der Waals surface area contributed by atoms with E-state index < -0.39 is 0 Å². The maximum atomic E-state index is 4.28. The standard InChI is InChI=1S/C17H30N4.HI/c1-3-4-5-6-7-8-10-14-20-17(18-2)21-15-16-12-9-11-13-19-16;/h9,11-13H,3-8,10,14-15H2,1-2H3,(H2,18,20,21);1H. The predicted octanol–water partition coefficient (Wildman–Crippen LogP) is 4.12. The molecule has 0 spiro atoms. The van der Waals surface area contributed by atoms with Crippen LogP contribution in [0.5, 0.6) is 0 Å². The zero-order chi connectivity index (χ0) is 15.2. The second kappa shape index (κ2) is 15.1. The summed E-state index contributed by atoms with van der Waals surface area (Å²) in [6.45, 7) is 3.95. The van der Waals surface area contributed by atoms with Crippen LogP contribution in [0.15, 0.2) is 29.4 Å². The Morgan fingerprint density at radius 1 is 1.05 bits per heavy atom. The van der Waals surface area contributed by atoms with Crippen molar-refractivity contribution in [2.75, 3.05) is 13.6 Å². The molecule has 0 aliphatic rings. The molecule has 2 N–H and O–H groups in total. The lowest BCUT2D eigenvalue weighted by atomic mass is 10.1. The number of aliphatic imine (C=N–C) groups is 1. The smallest absolute Gasteiger partial charge is 0.191 e. The van der Waals surface area contributed by atoms with Crippen molar-refractivity contribution in [3.05, 3.63) is 30.1 Å². The number of hydrogen-bond donors (Lipinski definition) is 2. The van der Waals surface area contributed by atoms with Gasteiger partial charge in [0.25, 0.3) is 0 Å². The van der Waals surface area contributed by atoms with E-state index in [9.17, 15) is 0 Å². The summed E-state index contributed by atoms with van der Waals surface area (Å²) in [6.07, 6.45) is 11.1. The highest BCUT2D eigenvalue weighted by Crippen LogP contribution is 2.06. The number of aromatic nitrogens is 1. The third-order valence-corrected chi connectivity index (χ3v) is 3.46. The van der Waals surface area contributed by atoms with Crippen LogP contribution < -0.4 is 10.6 Å². The van der Waals surface area contributed by atoms with E-state index in [1.165, 1.54) is 44.9 Å². The molecule has 1 aromatic heterocycles. The van der Waals surface area contributed by atoms with Gasteiger partial charge in [-0.25, -0.2) is 0 Å². The second-order valence-electron chi connectivity index (χ2n) is 5.29. The summed E-state index contributed by atoms with van der Waals surface area (Å²) >= 11 is 0. The minimum atomic E-state index is 0. The molecule has 1 heterocycles. The van der Waals surface area contributed by atoms with Gasteiger partial charge in [0.1, 0.15) is 0 Å². The van der Waals surface area contributed by atoms with Crippen molar-refractivity contribution < 1.29 is 0 Å². The molecule has 0 atom stereocenters. The van der Waals surface area contributed by atoms with Gasteiger partial charge in [-0.2, -0.15) is 0 Å². The molecule has 0 bridgehead atoms. The SMILES string of the molecule is CCCCCCCCCNC(=NC)NCc1ccccn1.I. The van der Waals surface area contributed by atoms with Gasteiger partial charge in [-0.3, -0.25) is 9.98 Å². The minimum absolute atomic E-state index is 0. The second-order valence-corrected chi connectivity index (χ2v) is 5.29. The fourth-order valence-corrected chi connectivity index (χ4v) is 2.19. The van der Waals surface area contributed by atoms with Gasteiger partial charge >= 0.3 is 0 Å². The van der Waals surface area contributed by atoms with E-state index in [1.807, 2.05) is 24.4 Å². The molecule has 0 saturated carbocycles. The number of halogens is 1. The van der Waals surface area contributed by atoms with Crippen molar-refractivity contribution in [1.82, 2.24) is 15.6 Å². The van der Waals surface area contributed by atoms with Crippen molar-refractivity contribution >= 4 is 29.9 Å². The van der Waals surface area contributed by atoms with Crippen molar-refractivity contribution in [2.45, 2.75) is 58.4 Å². The largest absolute Gasteiger partial charge is 0.356 e. The molecule has 126 valence electrons. The zero-order valence-electron chi connectivity index (χ0n) is 14.0.